The smallest absolute Gasteiger partial charge is 0.217 e. The van der Waals surface area contributed by atoms with Crippen LogP contribution in [0.25, 0.3) is 0 Å². The molecule has 3 nitrogen and oxygen atoms in total. The van der Waals surface area contributed by atoms with Crippen LogP contribution in [0.4, 0.5) is 0 Å². The molecule has 0 atom stereocenters. The van der Waals surface area contributed by atoms with Crippen LogP contribution >= 0.6 is 0 Å². The third-order valence-corrected chi connectivity index (χ3v) is 1.97. The second-order valence-electron chi connectivity index (χ2n) is 3.95. The fourth-order valence-electron chi connectivity index (χ4n) is 1.19. The first-order chi connectivity index (χ1) is 7.24. The summed E-state index contributed by atoms with van der Waals surface area (Å²) >= 11 is 0. The monoisotopic (exact) mass is 208 g/mol. The number of nitrogens with one attached hydrogen (secondary N) is 1. The van der Waals surface area contributed by atoms with E-state index in [4.69, 9.17) is 4.74 Å². The van der Waals surface area contributed by atoms with E-state index in [-0.39, 0.29) is 0 Å². The van der Waals surface area contributed by atoms with Crippen LogP contribution in [0.2, 0.25) is 0 Å². The van der Waals surface area contributed by atoms with E-state index in [1.54, 1.807) is 6.20 Å². The van der Waals surface area contributed by atoms with Gasteiger partial charge in [0.2, 0.25) is 5.88 Å². The Kier molecular flexibility index (Phi) is 5.12. The van der Waals surface area contributed by atoms with Gasteiger partial charge in [-0.15, -0.1) is 0 Å². The van der Waals surface area contributed by atoms with E-state index in [9.17, 15) is 0 Å². The molecule has 0 radical (unpaired) electrons. The number of hydrogen-bond acceptors (Lipinski definition) is 3. The summed E-state index contributed by atoms with van der Waals surface area (Å²) in [5.41, 5.74) is 1.12. The molecule has 0 aliphatic carbocycles. The van der Waals surface area contributed by atoms with E-state index in [1.165, 1.54) is 0 Å². The maximum Gasteiger partial charge on any atom is 0.217 e. The minimum atomic E-state index is 0.527. The molecule has 0 aliphatic rings. The zero-order chi connectivity index (χ0) is 11.1. The third-order valence-electron chi connectivity index (χ3n) is 1.97. The summed E-state index contributed by atoms with van der Waals surface area (Å²) in [5.74, 6) is 1.28. The van der Waals surface area contributed by atoms with E-state index in [2.05, 4.69) is 31.1 Å². The first kappa shape index (κ1) is 12.0. The summed E-state index contributed by atoms with van der Waals surface area (Å²) in [6.07, 6.45) is 1.77. The van der Waals surface area contributed by atoms with E-state index in [1.807, 2.05) is 12.1 Å². The summed E-state index contributed by atoms with van der Waals surface area (Å²) in [7, 11) is 0. The fraction of sp³-hybridized carbons (Fsp3) is 0.583. The second kappa shape index (κ2) is 6.40. The van der Waals surface area contributed by atoms with Crippen LogP contribution in [0.3, 0.4) is 0 Å². The molecule has 0 saturated heterocycles. The third kappa shape index (κ3) is 4.30. The molecule has 0 saturated carbocycles. The minimum Gasteiger partial charge on any atom is -0.477 e. The van der Waals surface area contributed by atoms with Gasteiger partial charge in [-0.25, -0.2) is 4.98 Å². The van der Waals surface area contributed by atoms with Crippen LogP contribution < -0.4 is 10.1 Å². The van der Waals surface area contributed by atoms with Crippen molar-refractivity contribution in [1.29, 1.82) is 0 Å². The lowest BCUT2D eigenvalue weighted by Gasteiger charge is -2.11. The predicted molar refractivity (Wildman–Crippen MR) is 62.0 cm³/mol. The molecule has 0 amide bonds. The first-order valence-electron chi connectivity index (χ1n) is 5.51. The summed E-state index contributed by atoms with van der Waals surface area (Å²) in [4.78, 5) is 4.24. The number of hydrogen-bond donors (Lipinski definition) is 1. The highest BCUT2D eigenvalue weighted by atomic mass is 16.5. The first-order valence-corrected chi connectivity index (χ1v) is 5.51. The largest absolute Gasteiger partial charge is 0.477 e. The van der Waals surface area contributed by atoms with Gasteiger partial charge in [-0.05, 0) is 18.5 Å². The Morgan fingerprint density at radius 2 is 2.27 bits per heavy atom. The number of rotatable bonds is 6. The number of ether oxygens (including phenoxy) is 1. The van der Waals surface area contributed by atoms with Crippen molar-refractivity contribution in [2.75, 3.05) is 13.2 Å². The number of nitrogens with zero attached hydrogens (tertiary/aromatic N) is 1. The second-order valence-corrected chi connectivity index (χ2v) is 3.95. The molecule has 1 aromatic rings. The number of aromatic nitrogens is 1. The Balaban J connectivity index is 2.59. The van der Waals surface area contributed by atoms with Crippen molar-refractivity contribution in [1.82, 2.24) is 10.3 Å². The normalized spacial score (nSPS) is 10.7. The molecule has 3 heteroatoms. The van der Waals surface area contributed by atoms with Gasteiger partial charge in [0, 0.05) is 18.3 Å². The van der Waals surface area contributed by atoms with Crippen molar-refractivity contribution in [2.24, 2.45) is 5.92 Å². The van der Waals surface area contributed by atoms with E-state index in [0.29, 0.717) is 5.92 Å². The Bertz CT molecular complexity index is 287. The lowest BCUT2D eigenvalue weighted by Crippen LogP contribution is -2.14. The minimum absolute atomic E-state index is 0.527. The van der Waals surface area contributed by atoms with Gasteiger partial charge in [-0.3, -0.25) is 0 Å². The standard InChI is InChI=1S/C12H20N2O/c1-4-13-8-11-6-5-7-14-12(11)15-9-10(2)3/h5-7,10,13H,4,8-9H2,1-3H3. The molecule has 0 bridgehead atoms. The summed E-state index contributed by atoms with van der Waals surface area (Å²) in [5, 5.41) is 3.27. The summed E-state index contributed by atoms with van der Waals surface area (Å²) < 4.78 is 5.64. The molecule has 84 valence electrons. The Hall–Kier alpha value is -1.09. The molecule has 1 rings (SSSR count). The summed E-state index contributed by atoms with van der Waals surface area (Å²) in [6, 6.07) is 3.99. The van der Waals surface area contributed by atoms with Crippen molar-refractivity contribution in [3.8, 4) is 5.88 Å². The topological polar surface area (TPSA) is 34.2 Å². The lowest BCUT2D eigenvalue weighted by atomic mass is 10.2. The van der Waals surface area contributed by atoms with Crippen LogP contribution in [-0.2, 0) is 6.54 Å². The maximum atomic E-state index is 5.64. The van der Waals surface area contributed by atoms with Gasteiger partial charge in [-0.2, -0.15) is 0 Å². The molecule has 0 fully saturated rings. The molecule has 0 aliphatic heterocycles. The zero-order valence-electron chi connectivity index (χ0n) is 9.79. The number of pyridine rings is 1. The van der Waals surface area contributed by atoms with Crippen LogP contribution in [-0.4, -0.2) is 18.1 Å². The highest BCUT2D eigenvalue weighted by molar-refractivity contribution is 5.25. The van der Waals surface area contributed by atoms with Gasteiger partial charge in [0.1, 0.15) is 0 Å². The van der Waals surface area contributed by atoms with Gasteiger partial charge >= 0.3 is 0 Å². The van der Waals surface area contributed by atoms with Crippen LogP contribution in [0, 0.1) is 5.92 Å². The predicted octanol–water partition coefficient (Wildman–Crippen LogP) is 2.23. The summed E-state index contributed by atoms with van der Waals surface area (Å²) in [6.45, 7) is 8.84. The van der Waals surface area contributed by atoms with Gasteiger partial charge < -0.3 is 10.1 Å². The quantitative estimate of drug-likeness (QED) is 0.778. The maximum absolute atomic E-state index is 5.64. The highest BCUT2D eigenvalue weighted by Gasteiger charge is 2.04. The van der Waals surface area contributed by atoms with Gasteiger partial charge in [0.05, 0.1) is 6.61 Å². The Morgan fingerprint density at radius 1 is 1.47 bits per heavy atom. The van der Waals surface area contributed by atoms with E-state index in [0.717, 1.165) is 31.1 Å². The van der Waals surface area contributed by atoms with Crippen LogP contribution in [0.1, 0.15) is 26.3 Å². The van der Waals surface area contributed by atoms with Crippen molar-refractivity contribution < 1.29 is 4.74 Å². The zero-order valence-corrected chi connectivity index (χ0v) is 9.79. The van der Waals surface area contributed by atoms with Gasteiger partial charge in [0.25, 0.3) is 0 Å². The van der Waals surface area contributed by atoms with Crippen LogP contribution in [0.5, 0.6) is 5.88 Å². The molecule has 0 aromatic carbocycles. The van der Waals surface area contributed by atoms with E-state index < -0.39 is 0 Å². The highest BCUT2D eigenvalue weighted by Crippen LogP contribution is 2.14. The SMILES string of the molecule is CCNCc1cccnc1OCC(C)C. The molecular formula is C12H20N2O. The molecule has 15 heavy (non-hydrogen) atoms. The Labute approximate surface area is 91.9 Å². The average Bonchev–Trinajstić information content (AvgIpc) is 2.24. The fourth-order valence-corrected chi connectivity index (χ4v) is 1.19. The van der Waals surface area contributed by atoms with Crippen molar-refractivity contribution in [2.45, 2.75) is 27.3 Å². The molecule has 1 N–H and O–H groups in total. The van der Waals surface area contributed by atoms with Gasteiger partial charge in [0.15, 0.2) is 0 Å². The van der Waals surface area contributed by atoms with Crippen LogP contribution in [0.15, 0.2) is 18.3 Å². The molecule has 1 aromatic heterocycles. The van der Waals surface area contributed by atoms with E-state index >= 15 is 0 Å². The Morgan fingerprint density at radius 3 is 2.93 bits per heavy atom. The van der Waals surface area contributed by atoms with Gasteiger partial charge in [-0.1, -0.05) is 26.8 Å². The van der Waals surface area contributed by atoms with Crippen molar-refractivity contribution in [3.05, 3.63) is 23.9 Å². The molecular weight excluding hydrogens is 188 g/mol. The average molecular weight is 208 g/mol. The molecule has 0 spiro atoms. The van der Waals surface area contributed by atoms with Crippen molar-refractivity contribution in [3.63, 3.8) is 0 Å². The molecule has 0 unspecified atom stereocenters. The van der Waals surface area contributed by atoms with Crippen molar-refractivity contribution >= 4 is 0 Å². The lowest BCUT2D eigenvalue weighted by molar-refractivity contribution is 0.258. The molecule has 1 heterocycles.